The van der Waals surface area contributed by atoms with Gasteiger partial charge in [0.1, 0.15) is 0 Å². The third-order valence-electron chi connectivity index (χ3n) is 7.15. The highest BCUT2D eigenvalue weighted by Gasteiger charge is 2.57. The molecule has 4 atom stereocenters. The monoisotopic (exact) mass is 421 g/mol. The van der Waals surface area contributed by atoms with E-state index < -0.39 is 12.1 Å². The molecule has 5 aliphatic rings. The van der Waals surface area contributed by atoms with Gasteiger partial charge in [-0.25, -0.2) is 0 Å². The van der Waals surface area contributed by atoms with Crippen molar-refractivity contribution >= 4 is 21.8 Å². The summed E-state index contributed by atoms with van der Waals surface area (Å²) >= 11 is 3.95. The molecule has 4 unspecified atom stereocenters. The fourth-order valence-corrected chi connectivity index (χ4v) is 8.29. The molecule has 0 radical (unpaired) electrons. The summed E-state index contributed by atoms with van der Waals surface area (Å²) in [6.45, 7) is 0. The van der Waals surface area contributed by atoms with Gasteiger partial charge in [-0.05, 0) is 75.0 Å². The summed E-state index contributed by atoms with van der Waals surface area (Å²) in [7, 11) is 0. The van der Waals surface area contributed by atoms with Crippen LogP contribution in [0.15, 0.2) is 0 Å². The van der Waals surface area contributed by atoms with Crippen molar-refractivity contribution in [1.29, 1.82) is 0 Å². The molecule has 1 amide bonds. The van der Waals surface area contributed by atoms with E-state index in [1.807, 2.05) is 0 Å². The van der Waals surface area contributed by atoms with Crippen molar-refractivity contribution in [2.75, 3.05) is 0 Å². The summed E-state index contributed by atoms with van der Waals surface area (Å²) < 4.78 is 39.1. The number of amides is 1. The Morgan fingerprint density at radius 2 is 1.76 bits per heavy atom. The van der Waals surface area contributed by atoms with Crippen molar-refractivity contribution in [3.8, 4) is 0 Å². The Kier molecular flexibility index (Phi) is 4.45. The van der Waals surface area contributed by atoms with E-state index in [2.05, 4.69) is 21.2 Å². The number of halogens is 4. The van der Waals surface area contributed by atoms with E-state index in [1.54, 1.807) is 0 Å². The van der Waals surface area contributed by atoms with Gasteiger partial charge in [0.25, 0.3) is 0 Å². The van der Waals surface area contributed by atoms with Gasteiger partial charge in [0.2, 0.25) is 5.91 Å². The van der Waals surface area contributed by atoms with Crippen molar-refractivity contribution in [3.05, 3.63) is 0 Å². The standard InChI is InChI=1S/C19H27BrF3NO/c20-18-8-12-4-13(9-18)7-17(6-12,11-18)10-16(25)24-15-3-1-2-14(5-15)19(21,22)23/h12-15H,1-11H2,(H,24,25). The van der Waals surface area contributed by atoms with Crippen LogP contribution in [0.5, 0.6) is 0 Å². The van der Waals surface area contributed by atoms with Crippen LogP contribution in [0.2, 0.25) is 0 Å². The molecule has 0 aromatic rings. The van der Waals surface area contributed by atoms with E-state index in [0.29, 0.717) is 19.3 Å². The summed E-state index contributed by atoms with van der Waals surface area (Å²) in [5, 5.41) is 2.95. The molecule has 0 aromatic carbocycles. The maximum absolute atomic E-state index is 13.0. The number of hydrogen-bond donors (Lipinski definition) is 1. The second kappa shape index (κ2) is 6.13. The van der Waals surface area contributed by atoms with Gasteiger partial charge in [-0.1, -0.05) is 22.4 Å². The molecule has 0 heterocycles. The Hall–Kier alpha value is -0.260. The van der Waals surface area contributed by atoms with E-state index in [0.717, 1.165) is 31.1 Å². The second-order valence-electron chi connectivity index (χ2n) is 9.46. The molecular formula is C19H27BrF3NO. The number of hydrogen-bond acceptors (Lipinski definition) is 1. The maximum Gasteiger partial charge on any atom is 0.391 e. The third-order valence-corrected chi connectivity index (χ3v) is 8.08. The molecule has 5 rings (SSSR count). The van der Waals surface area contributed by atoms with Crippen LogP contribution < -0.4 is 5.32 Å². The second-order valence-corrected chi connectivity index (χ2v) is 11.1. The number of alkyl halides is 4. The van der Waals surface area contributed by atoms with Crippen molar-refractivity contribution in [2.24, 2.45) is 23.2 Å². The lowest BCUT2D eigenvalue weighted by atomic mass is 9.48. The zero-order valence-electron chi connectivity index (χ0n) is 14.5. The van der Waals surface area contributed by atoms with E-state index >= 15 is 0 Å². The predicted molar refractivity (Wildman–Crippen MR) is 93.3 cm³/mol. The molecule has 6 heteroatoms. The highest BCUT2D eigenvalue weighted by atomic mass is 79.9. The largest absolute Gasteiger partial charge is 0.391 e. The lowest BCUT2D eigenvalue weighted by molar-refractivity contribution is -0.184. The molecule has 5 aliphatic carbocycles. The minimum Gasteiger partial charge on any atom is -0.353 e. The zero-order chi connectivity index (χ0) is 17.9. The van der Waals surface area contributed by atoms with Gasteiger partial charge >= 0.3 is 6.18 Å². The zero-order valence-corrected chi connectivity index (χ0v) is 16.1. The number of rotatable bonds is 3. The summed E-state index contributed by atoms with van der Waals surface area (Å²) in [5.74, 6) is 0.165. The lowest BCUT2D eigenvalue weighted by Gasteiger charge is -2.60. The van der Waals surface area contributed by atoms with Gasteiger partial charge in [-0.3, -0.25) is 4.79 Å². The summed E-state index contributed by atoms with van der Waals surface area (Å²) in [6, 6.07) is -0.306. The lowest BCUT2D eigenvalue weighted by Crippen LogP contribution is -2.54. The Labute approximate surface area is 155 Å². The topological polar surface area (TPSA) is 29.1 Å². The minimum absolute atomic E-state index is 0.0223. The molecule has 25 heavy (non-hydrogen) atoms. The van der Waals surface area contributed by atoms with Crippen LogP contribution in [-0.4, -0.2) is 22.4 Å². The molecule has 142 valence electrons. The van der Waals surface area contributed by atoms with Gasteiger partial charge in [0.15, 0.2) is 0 Å². The van der Waals surface area contributed by atoms with Gasteiger partial charge in [-0.2, -0.15) is 13.2 Å². The summed E-state index contributed by atoms with van der Waals surface area (Å²) in [4.78, 5) is 12.6. The number of nitrogens with one attached hydrogen (secondary N) is 1. The fourth-order valence-electron chi connectivity index (χ4n) is 6.78. The highest BCUT2D eigenvalue weighted by Crippen LogP contribution is 2.65. The highest BCUT2D eigenvalue weighted by molar-refractivity contribution is 9.10. The molecular weight excluding hydrogens is 395 g/mol. The molecule has 2 nitrogen and oxygen atoms in total. The minimum atomic E-state index is -4.13. The normalized spacial score (nSPS) is 46.2. The number of carbonyl (C=O) groups excluding carboxylic acids is 1. The predicted octanol–water partition coefficient (Wildman–Crippen LogP) is 5.35. The van der Waals surface area contributed by atoms with Crippen molar-refractivity contribution in [3.63, 3.8) is 0 Å². The SMILES string of the molecule is O=C(CC12CC3CC(CC(Br)(C3)C1)C2)NC1CCCC(C(F)(F)F)C1. The van der Waals surface area contributed by atoms with Gasteiger partial charge in [0.05, 0.1) is 5.92 Å². The fraction of sp³-hybridized carbons (Fsp3) is 0.947. The van der Waals surface area contributed by atoms with Crippen LogP contribution in [0, 0.1) is 23.2 Å². The Bertz CT molecular complexity index is 535. The van der Waals surface area contributed by atoms with Crippen molar-refractivity contribution in [1.82, 2.24) is 5.32 Å². The molecule has 0 aliphatic heterocycles. The van der Waals surface area contributed by atoms with E-state index in [9.17, 15) is 18.0 Å². The first-order valence-electron chi connectivity index (χ1n) is 9.70. The first kappa shape index (κ1) is 18.1. The van der Waals surface area contributed by atoms with Crippen molar-refractivity contribution in [2.45, 2.75) is 87.2 Å². The third kappa shape index (κ3) is 3.74. The summed E-state index contributed by atoms with van der Waals surface area (Å²) in [5.41, 5.74) is 0.0791. The van der Waals surface area contributed by atoms with Gasteiger partial charge in [0, 0.05) is 16.8 Å². The van der Waals surface area contributed by atoms with Crippen LogP contribution in [0.3, 0.4) is 0 Å². The average Bonchev–Trinajstić information content (AvgIpc) is 2.42. The van der Waals surface area contributed by atoms with Crippen LogP contribution in [0.1, 0.15) is 70.6 Å². The molecule has 1 N–H and O–H groups in total. The quantitative estimate of drug-likeness (QED) is 0.611. The molecule has 0 spiro atoms. The summed E-state index contributed by atoms with van der Waals surface area (Å²) in [6.07, 6.45) is 4.90. The maximum atomic E-state index is 13.0. The van der Waals surface area contributed by atoms with E-state index in [1.165, 1.54) is 19.3 Å². The Morgan fingerprint density at radius 3 is 2.36 bits per heavy atom. The first-order chi connectivity index (χ1) is 11.6. The molecule has 4 bridgehead atoms. The van der Waals surface area contributed by atoms with E-state index in [-0.39, 0.29) is 34.5 Å². The average molecular weight is 422 g/mol. The van der Waals surface area contributed by atoms with Crippen LogP contribution in [0.25, 0.3) is 0 Å². The number of carbonyl (C=O) groups is 1. The Balaban J connectivity index is 1.36. The molecule has 5 fully saturated rings. The van der Waals surface area contributed by atoms with E-state index in [4.69, 9.17) is 0 Å². The van der Waals surface area contributed by atoms with Gasteiger partial charge in [-0.15, -0.1) is 0 Å². The van der Waals surface area contributed by atoms with Crippen LogP contribution >= 0.6 is 15.9 Å². The molecule has 5 saturated carbocycles. The molecule has 0 aromatic heterocycles. The first-order valence-corrected chi connectivity index (χ1v) is 10.5. The molecule has 0 saturated heterocycles. The van der Waals surface area contributed by atoms with Crippen molar-refractivity contribution < 1.29 is 18.0 Å². The van der Waals surface area contributed by atoms with Crippen LogP contribution in [0.4, 0.5) is 13.2 Å². The smallest absolute Gasteiger partial charge is 0.353 e. The van der Waals surface area contributed by atoms with Gasteiger partial charge < -0.3 is 5.32 Å². The Morgan fingerprint density at radius 1 is 1.08 bits per heavy atom. The van der Waals surface area contributed by atoms with Crippen LogP contribution in [-0.2, 0) is 4.79 Å².